The second-order valence-electron chi connectivity index (χ2n) is 6.38. The molecule has 27 heavy (non-hydrogen) atoms. The van der Waals surface area contributed by atoms with Gasteiger partial charge in [-0.05, 0) is 43.2 Å². The minimum absolute atomic E-state index is 0.116. The molecular formula is C22H22N2O2S. The van der Waals surface area contributed by atoms with Gasteiger partial charge in [0.2, 0.25) is 5.91 Å². The van der Waals surface area contributed by atoms with Crippen LogP contribution >= 0.6 is 11.8 Å². The van der Waals surface area contributed by atoms with Gasteiger partial charge < -0.3 is 10.3 Å². The molecule has 0 fully saturated rings. The third kappa shape index (κ3) is 4.89. The predicted octanol–water partition coefficient (Wildman–Crippen LogP) is 4.14. The summed E-state index contributed by atoms with van der Waals surface area (Å²) in [6.45, 7) is 3.94. The number of rotatable bonds is 6. The molecule has 0 radical (unpaired) electrons. The average Bonchev–Trinajstić information content (AvgIpc) is 2.66. The Balaban J connectivity index is 1.80. The van der Waals surface area contributed by atoms with Gasteiger partial charge in [-0.25, -0.2) is 0 Å². The third-order valence-electron chi connectivity index (χ3n) is 4.27. The molecule has 0 aliphatic carbocycles. The van der Waals surface area contributed by atoms with Gasteiger partial charge in [0.1, 0.15) is 5.25 Å². The van der Waals surface area contributed by atoms with Crippen LogP contribution < -0.4 is 10.9 Å². The lowest BCUT2D eigenvalue weighted by atomic mass is 10.1. The van der Waals surface area contributed by atoms with Gasteiger partial charge in [0.25, 0.3) is 5.56 Å². The van der Waals surface area contributed by atoms with Crippen molar-refractivity contribution in [3.63, 3.8) is 0 Å². The summed E-state index contributed by atoms with van der Waals surface area (Å²) in [6, 6.07) is 21.4. The Kier molecular flexibility index (Phi) is 6.14. The average molecular weight is 378 g/mol. The number of pyridine rings is 1. The number of hydrogen-bond acceptors (Lipinski definition) is 3. The Bertz CT molecular complexity index is 969. The zero-order valence-electron chi connectivity index (χ0n) is 15.4. The van der Waals surface area contributed by atoms with E-state index in [9.17, 15) is 9.59 Å². The van der Waals surface area contributed by atoms with Gasteiger partial charge in [-0.1, -0.05) is 48.5 Å². The minimum Gasteiger partial charge on any atom is -0.351 e. The first kappa shape index (κ1) is 19.0. The third-order valence-corrected chi connectivity index (χ3v) is 5.54. The molecule has 4 nitrogen and oxygen atoms in total. The van der Waals surface area contributed by atoms with E-state index in [1.54, 1.807) is 0 Å². The highest BCUT2D eigenvalue weighted by Crippen LogP contribution is 2.35. The van der Waals surface area contributed by atoms with E-state index in [1.165, 1.54) is 11.8 Å². The number of aromatic nitrogens is 1. The lowest BCUT2D eigenvalue weighted by Crippen LogP contribution is -2.30. The fourth-order valence-corrected chi connectivity index (χ4v) is 3.98. The lowest BCUT2D eigenvalue weighted by Gasteiger charge is -2.17. The van der Waals surface area contributed by atoms with Crippen molar-refractivity contribution >= 4 is 17.7 Å². The number of hydrogen-bond donors (Lipinski definition) is 2. The summed E-state index contributed by atoms with van der Waals surface area (Å²) >= 11 is 1.50. The van der Waals surface area contributed by atoms with Crippen molar-refractivity contribution in [3.05, 3.63) is 99.5 Å². The number of thioether (sulfide) groups is 1. The number of amides is 1. The molecule has 2 aromatic carbocycles. The normalized spacial score (nSPS) is 11.8. The summed E-state index contributed by atoms with van der Waals surface area (Å²) in [6.07, 6.45) is 0. The zero-order chi connectivity index (χ0) is 19.2. The van der Waals surface area contributed by atoms with Crippen LogP contribution in [0.3, 0.4) is 0 Å². The highest BCUT2D eigenvalue weighted by Gasteiger charge is 2.22. The second-order valence-corrected chi connectivity index (χ2v) is 7.56. The number of aryl methyl sites for hydroxylation is 2. The van der Waals surface area contributed by atoms with Gasteiger partial charge in [0.15, 0.2) is 0 Å². The summed E-state index contributed by atoms with van der Waals surface area (Å²) in [5.41, 5.74) is 3.06. The highest BCUT2D eigenvalue weighted by atomic mass is 32.2. The van der Waals surface area contributed by atoms with Crippen molar-refractivity contribution in [1.82, 2.24) is 10.3 Å². The smallest absolute Gasteiger partial charge is 0.253 e. The van der Waals surface area contributed by atoms with Crippen LogP contribution in [0.2, 0.25) is 0 Å². The maximum atomic E-state index is 13.0. The Morgan fingerprint density at radius 1 is 1.04 bits per heavy atom. The van der Waals surface area contributed by atoms with Crippen molar-refractivity contribution < 1.29 is 4.79 Å². The molecule has 1 aromatic heterocycles. The van der Waals surface area contributed by atoms with E-state index in [2.05, 4.69) is 10.3 Å². The van der Waals surface area contributed by atoms with Crippen LogP contribution in [0.15, 0.2) is 76.4 Å². The van der Waals surface area contributed by atoms with Crippen LogP contribution in [-0.2, 0) is 11.3 Å². The maximum Gasteiger partial charge on any atom is 0.253 e. The van der Waals surface area contributed by atoms with Crippen LogP contribution in [0, 0.1) is 13.8 Å². The first-order chi connectivity index (χ1) is 13.0. The number of H-pyrrole nitrogens is 1. The molecule has 5 heteroatoms. The molecule has 0 spiro atoms. The Morgan fingerprint density at radius 3 is 2.30 bits per heavy atom. The van der Waals surface area contributed by atoms with Crippen LogP contribution in [-0.4, -0.2) is 10.9 Å². The fourth-order valence-electron chi connectivity index (χ4n) is 2.91. The molecule has 138 valence electrons. The quantitative estimate of drug-likeness (QED) is 0.634. The maximum absolute atomic E-state index is 13.0. The number of carbonyl (C=O) groups excluding carboxylic acids is 1. The first-order valence-electron chi connectivity index (χ1n) is 8.78. The van der Waals surface area contributed by atoms with Crippen LogP contribution in [0.5, 0.6) is 0 Å². The molecule has 2 N–H and O–H groups in total. The second kappa shape index (κ2) is 8.73. The highest BCUT2D eigenvalue weighted by molar-refractivity contribution is 8.00. The van der Waals surface area contributed by atoms with Crippen molar-refractivity contribution in [2.45, 2.75) is 30.5 Å². The largest absolute Gasteiger partial charge is 0.351 e. The number of nitrogens with one attached hydrogen (secondary N) is 2. The topological polar surface area (TPSA) is 62.0 Å². The van der Waals surface area contributed by atoms with Crippen LogP contribution in [0.1, 0.15) is 27.6 Å². The van der Waals surface area contributed by atoms with Crippen molar-refractivity contribution in [2.75, 3.05) is 0 Å². The van der Waals surface area contributed by atoms with E-state index >= 15 is 0 Å². The molecular weight excluding hydrogens is 356 g/mol. The molecule has 0 unspecified atom stereocenters. The van der Waals surface area contributed by atoms with E-state index in [0.29, 0.717) is 5.56 Å². The molecule has 0 bridgehead atoms. The zero-order valence-corrected chi connectivity index (χ0v) is 16.2. The fraction of sp³-hybridized carbons (Fsp3) is 0.182. The predicted molar refractivity (Wildman–Crippen MR) is 110 cm³/mol. The molecule has 1 atom stereocenters. The first-order valence-corrected chi connectivity index (χ1v) is 9.66. The van der Waals surface area contributed by atoms with Crippen molar-refractivity contribution in [1.29, 1.82) is 0 Å². The number of benzene rings is 2. The van der Waals surface area contributed by atoms with E-state index in [4.69, 9.17) is 0 Å². The van der Waals surface area contributed by atoms with E-state index in [-0.39, 0.29) is 18.0 Å². The molecule has 3 aromatic rings. The van der Waals surface area contributed by atoms with Gasteiger partial charge in [0, 0.05) is 22.7 Å². The summed E-state index contributed by atoms with van der Waals surface area (Å²) in [7, 11) is 0. The standard InChI is InChI=1S/C22H22N2O2S/c1-15-13-16(2)24-21(25)19(15)14-23-22(26)20(17-9-5-3-6-10-17)27-18-11-7-4-8-12-18/h3-13,20H,14H2,1-2H3,(H,23,26)(H,24,25)/t20-/m1/s1. The Labute approximate surface area is 163 Å². The molecule has 1 amide bonds. The van der Waals surface area contributed by atoms with Crippen LogP contribution in [0.4, 0.5) is 0 Å². The van der Waals surface area contributed by atoms with Gasteiger partial charge in [-0.2, -0.15) is 0 Å². The molecule has 1 heterocycles. The SMILES string of the molecule is Cc1cc(C)c(CNC(=O)[C@H](Sc2ccccc2)c2ccccc2)c(=O)[nH]1. The molecule has 0 saturated heterocycles. The lowest BCUT2D eigenvalue weighted by molar-refractivity contribution is -0.120. The Hall–Kier alpha value is -2.79. The minimum atomic E-state index is -0.390. The molecule has 0 saturated carbocycles. The summed E-state index contributed by atoms with van der Waals surface area (Å²) < 4.78 is 0. The van der Waals surface area contributed by atoms with Gasteiger partial charge in [-0.3, -0.25) is 9.59 Å². The monoisotopic (exact) mass is 378 g/mol. The number of aromatic amines is 1. The van der Waals surface area contributed by atoms with E-state index < -0.39 is 5.25 Å². The molecule has 0 aliphatic heterocycles. The van der Waals surface area contributed by atoms with Crippen LogP contribution in [0.25, 0.3) is 0 Å². The van der Waals surface area contributed by atoms with Gasteiger partial charge in [-0.15, -0.1) is 11.8 Å². The van der Waals surface area contributed by atoms with E-state index in [0.717, 1.165) is 21.7 Å². The summed E-state index contributed by atoms with van der Waals surface area (Å²) in [5.74, 6) is -0.116. The van der Waals surface area contributed by atoms with E-state index in [1.807, 2.05) is 80.6 Å². The van der Waals surface area contributed by atoms with Gasteiger partial charge >= 0.3 is 0 Å². The summed E-state index contributed by atoms with van der Waals surface area (Å²) in [4.78, 5) is 29.0. The Morgan fingerprint density at radius 2 is 1.67 bits per heavy atom. The summed E-state index contributed by atoms with van der Waals surface area (Å²) in [5, 5.41) is 2.55. The number of carbonyl (C=O) groups is 1. The van der Waals surface area contributed by atoms with Crippen molar-refractivity contribution in [3.8, 4) is 0 Å². The molecule has 0 aliphatic rings. The van der Waals surface area contributed by atoms with Gasteiger partial charge in [0.05, 0.1) is 0 Å². The molecule has 3 rings (SSSR count). The van der Waals surface area contributed by atoms with Crippen molar-refractivity contribution in [2.24, 2.45) is 0 Å².